The fourth-order valence-electron chi connectivity index (χ4n) is 2.54. The van der Waals surface area contributed by atoms with Gasteiger partial charge in [0.05, 0.1) is 6.54 Å². The van der Waals surface area contributed by atoms with E-state index in [1.807, 2.05) is 0 Å². The first-order chi connectivity index (χ1) is 15.0. The van der Waals surface area contributed by atoms with Gasteiger partial charge in [0.25, 0.3) is 17.7 Å². The number of amides is 3. The Balaban J connectivity index is 1.41. The normalized spacial score (nSPS) is 10.1. The fraction of sp³-hybridized carbons (Fsp3) is 0.0870. The third-order valence-electron chi connectivity index (χ3n) is 4.20. The number of carbonyl (C=O) groups is 3. The van der Waals surface area contributed by atoms with Crippen molar-refractivity contribution in [2.24, 2.45) is 0 Å². The second-order valence-electron chi connectivity index (χ2n) is 6.49. The molecule has 3 aromatic rings. The molecule has 0 saturated carbocycles. The van der Waals surface area contributed by atoms with Gasteiger partial charge in [-0.05, 0) is 54.1 Å². The molecule has 0 atom stereocenters. The van der Waals surface area contributed by atoms with Gasteiger partial charge in [-0.2, -0.15) is 0 Å². The van der Waals surface area contributed by atoms with Crippen molar-refractivity contribution in [3.05, 3.63) is 101 Å². The van der Waals surface area contributed by atoms with Crippen LogP contribution < -0.4 is 20.9 Å². The molecule has 0 aliphatic carbocycles. The summed E-state index contributed by atoms with van der Waals surface area (Å²) in [5.41, 5.74) is 6.26. The van der Waals surface area contributed by atoms with Crippen LogP contribution in [0.2, 0.25) is 5.02 Å². The minimum absolute atomic E-state index is 0.269. The van der Waals surface area contributed by atoms with Gasteiger partial charge in [0, 0.05) is 16.1 Å². The largest absolute Gasteiger partial charge is 0.489 e. The van der Waals surface area contributed by atoms with Gasteiger partial charge in [-0.25, -0.2) is 0 Å². The van der Waals surface area contributed by atoms with Crippen LogP contribution in [0.3, 0.4) is 0 Å². The van der Waals surface area contributed by atoms with Crippen molar-refractivity contribution >= 4 is 29.3 Å². The number of carbonyl (C=O) groups excluding carboxylic acids is 3. The van der Waals surface area contributed by atoms with Gasteiger partial charge < -0.3 is 10.1 Å². The van der Waals surface area contributed by atoms with E-state index in [0.29, 0.717) is 28.5 Å². The van der Waals surface area contributed by atoms with Gasteiger partial charge in [-0.1, -0.05) is 41.9 Å². The molecular weight excluding hydrogens is 418 g/mol. The Morgan fingerprint density at radius 3 is 2.06 bits per heavy atom. The zero-order chi connectivity index (χ0) is 22.1. The van der Waals surface area contributed by atoms with Crippen molar-refractivity contribution in [3.63, 3.8) is 0 Å². The van der Waals surface area contributed by atoms with Crippen molar-refractivity contribution in [1.82, 2.24) is 16.2 Å². The van der Waals surface area contributed by atoms with E-state index in [9.17, 15) is 14.4 Å². The Labute approximate surface area is 184 Å². The highest BCUT2D eigenvalue weighted by atomic mass is 35.5. The Hall–Kier alpha value is -3.84. The molecule has 3 amide bonds. The third kappa shape index (κ3) is 6.87. The average Bonchev–Trinajstić information content (AvgIpc) is 2.81. The molecule has 3 N–H and O–H groups in total. The van der Waals surface area contributed by atoms with Gasteiger partial charge in [-0.15, -0.1) is 0 Å². The predicted octanol–water partition coefficient (Wildman–Crippen LogP) is 3.11. The average molecular weight is 438 g/mol. The summed E-state index contributed by atoms with van der Waals surface area (Å²) in [4.78, 5) is 35.9. The number of nitrogens with one attached hydrogen (secondary N) is 3. The van der Waals surface area contributed by atoms with Gasteiger partial charge >= 0.3 is 0 Å². The summed E-state index contributed by atoms with van der Waals surface area (Å²) in [6.07, 6.45) is 0. The molecule has 3 rings (SSSR count). The quantitative estimate of drug-likeness (QED) is 0.495. The topological polar surface area (TPSA) is 96.5 Å². The lowest BCUT2D eigenvalue weighted by atomic mass is 10.1. The lowest BCUT2D eigenvalue weighted by Gasteiger charge is -2.09. The van der Waals surface area contributed by atoms with Crippen molar-refractivity contribution in [2.75, 3.05) is 6.54 Å². The van der Waals surface area contributed by atoms with Crippen molar-refractivity contribution < 1.29 is 19.1 Å². The Morgan fingerprint density at radius 2 is 1.39 bits per heavy atom. The molecule has 0 fully saturated rings. The summed E-state index contributed by atoms with van der Waals surface area (Å²) in [5, 5.41) is 3.11. The second kappa shape index (κ2) is 10.8. The van der Waals surface area contributed by atoms with E-state index < -0.39 is 11.8 Å². The molecular formula is C23H20ClN3O4. The van der Waals surface area contributed by atoms with E-state index >= 15 is 0 Å². The highest BCUT2D eigenvalue weighted by molar-refractivity contribution is 6.30. The molecule has 8 heteroatoms. The molecule has 0 unspecified atom stereocenters. The Morgan fingerprint density at radius 1 is 0.742 bits per heavy atom. The van der Waals surface area contributed by atoms with Crippen LogP contribution in [0.1, 0.15) is 26.3 Å². The molecule has 0 aliphatic rings. The van der Waals surface area contributed by atoms with E-state index in [2.05, 4.69) is 16.2 Å². The maximum Gasteiger partial charge on any atom is 0.269 e. The lowest BCUT2D eigenvalue weighted by Crippen LogP contribution is -2.46. The number of hydrogen-bond donors (Lipinski definition) is 3. The van der Waals surface area contributed by atoms with E-state index in [1.165, 1.54) is 0 Å². The van der Waals surface area contributed by atoms with Crippen LogP contribution in [0.15, 0.2) is 78.9 Å². The fourth-order valence-corrected chi connectivity index (χ4v) is 2.67. The molecule has 0 radical (unpaired) electrons. The van der Waals surface area contributed by atoms with E-state index in [-0.39, 0.29) is 12.5 Å². The molecule has 3 aromatic carbocycles. The number of ether oxygens (including phenoxy) is 1. The van der Waals surface area contributed by atoms with E-state index in [4.69, 9.17) is 16.3 Å². The van der Waals surface area contributed by atoms with Crippen LogP contribution >= 0.6 is 11.6 Å². The van der Waals surface area contributed by atoms with Gasteiger partial charge in [0.1, 0.15) is 12.4 Å². The first-order valence-corrected chi connectivity index (χ1v) is 9.79. The molecule has 158 valence electrons. The standard InChI is InChI=1S/C23H20ClN3O4/c24-19-10-12-20(13-11-19)31-15-16-6-8-18(9-7-16)23(30)27-26-21(28)14-25-22(29)17-4-2-1-3-5-17/h1-13H,14-15H2,(H,25,29)(H,26,28)(H,27,30). The number of halogens is 1. The van der Waals surface area contributed by atoms with Gasteiger partial charge in [0.15, 0.2) is 0 Å². The van der Waals surface area contributed by atoms with Crippen LogP contribution in [-0.2, 0) is 11.4 Å². The van der Waals surface area contributed by atoms with Crippen LogP contribution in [0.4, 0.5) is 0 Å². The molecule has 0 spiro atoms. The minimum atomic E-state index is -0.550. The van der Waals surface area contributed by atoms with Crippen LogP contribution in [0, 0.1) is 0 Å². The highest BCUT2D eigenvalue weighted by Crippen LogP contribution is 2.17. The molecule has 0 bridgehead atoms. The summed E-state index contributed by atoms with van der Waals surface area (Å²) < 4.78 is 5.65. The minimum Gasteiger partial charge on any atom is -0.489 e. The Kier molecular flexibility index (Phi) is 7.61. The first kappa shape index (κ1) is 21.9. The third-order valence-corrected chi connectivity index (χ3v) is 4.45. The molecule has 0 heterocycles. The van der Waals surface area contributed by atoms with Crippen LogP contribution in [0.25, 0.3) is 0 Å². The highest BCUT2D eigenvalue weighted by Gasteiger charge is 2.10. The Bertz CT molecular complexity index is 1040. The monoisotopic (exact) mass is 437 g/mol. The molecule has 0 aromatic heterocycles. The number of hydrogen-bond acceptors (Lipinski definition) is 4. The summed E-state index contributed by atoms with van der Waals surface area (Å²) in [6, 6.07) is 22.3. The van der Waals surface area contributed by atoms with Crippen molar-refractivity contribution in [2.45, 2.75) is 6.61 Å². The van der Waals surface area contributed by atoms with Crippen LogP contribution in [0.5, 0.6) is 5.75 Å². The van der Waals surface area contributed by atoms with E-state index in [0.717, 1.165) is 5.56 Å². The van der Waals surface area contributed by atoms with Gasteiger partial charge in [0.2, 0.25) is 0 Å². The molecule has 31 heavy (non-hydrogen) atoms. The number of benzene rings is 3. The van der Waals surface area contributed by atoms with Crippen molar-refractivity contribution in [1.29, 1.82) is 0 Å². The van der Waals surface area contributed by atoms with Crippen LogP contribution in [-0.4, -0.2) is 24.3 Å². The maximum atomic E-state index is 12.2. The lowest BCUT2D eigenvalue weighted by molar-refractivity contribution is -0.120. The summed E-state index contributed by atoms with van der Waals surface area (Å²) in [6.45, 7) is 0.0658. The molecule has 0 aliphatic heterocycles. The molecule has 7 nitrogen and oxygen atoms in total. The first-order valence-electron chi connectivity index (χ1n) is 9.41. The number of hydrazine groups is 1. The maximum absolute atomic E-state index is 12.2. The van der Waals surface area contributed by atoms with Crippen molar-refractivity contribution in [3.8, 4) is 5.75 Å². The SMILES string of the molecule is O=C(CNC(=O)c1ccccc1)NNC(=O)c1ccc(COc2ccc(Cl)cc2)cc1. The molecule has 0 saturated heterocycles. The van der Waals surface area contributed by atoms with Gasteiger partial charge in [-0.3, -0.25) is 25.2 Å². The summed E-state index contributed by atoms with van der Waals surface area (Å²) >= 11 is 5.84. The summed E-state index contributed by atoms with van der Waals surface area (Å²) in [5.74, 6) is -0.717. The predicted molar refractivity (Wildman–Crippen MR) is 117 cm³/mol. The van der Waals surface area contributed by atoms with E-state index in [1.54, 1.807) is 78.9 Å². The second-order valence-corrected chi connectivity index (χ2v) is 6.93. The summed E-state index contributed by atoms with van der Waals surface area (Å²) in [7, 11) is 0. The smallest absolute Gasteiger partial charge is 0.269 e. The zero-order valence-electron chi connectivity index (χ0n) is 16.4. The number of rotatable bonds is 7. The zero-order valence-corrected chi connectivity index (χ0v) is 17.2.